The molecule has 0 spiro atoms. The third-order valence-corrected chi connectivity index (χ3v) is 5.50. The summed E-state index contributed by atoms with van der Waals surface area (Å²) in [6.45, 7) is 11.8. The number of rotatable bonds is 4. The second-order valence-corrected chi connectivity index (χ2v) is 7.55. The van der Waals surface area contributed by atoms with Crippen molar-refractivity contribution in [1.82, 2.24) is 4.90 Å². The molecule has 20 heavy (non-hydrogen) atoms. The number of ether oxygens (including phenoxy) is 1. The van der Waals surface area contributed by atoms with Gasteiger partial charge < -0.3 is 4.74 Å². The summed E-state index contributed by atoms with van der Waals surface area (Å²) < 4.78 is 5.26. The molecule has 0 bridgehead atoms. The standard InChI is InChI=1S/C17H31NO2/c1-5-20-15(19)13-17(18-10-6-7-11-18)9-8-16(3,4)12-14(17)2/h14H,5-13H2,1-4H3. The molecule has 2 aliphatic rings. The number of hydrogen-bond acceptors (Lipinski definition) is 3. The largest absolute Gasteiger partial charge is 0.466 e. The zero-order valence-corrected chi connectivity index (χ0v) is 13.7. The fraction of sp³-hybridized carbons (Fsp3) is 0.941. The van der Waals surface area contributed by atoms with E-state index in [1.165, 1.54) is 25.7 Å². The Morgan fingerprint density at radius 2 is 1.90 bits per heavy atom. The average Bonchev–Trinajstić information content (AvgIpc) is 2.87. The van der Waals surface area contributed by atoms with Crippen molar-refractivity contribution < 1.29 is 9.53 Å². The fourth-order valence-corrected chi connectivity index (χ4v) is 4.39. The van der Waals surface area contributed by atoms with E-state index in [4.69, 9.17) is 4.74 Å². The summed E-state index contributed by atoms with van der Waals surface area (Å²) in [5.41, 5.74) is 0.468. The summed E-state index contributed by atoms with van der Waals surface area (Å²) in [6.07, 6.45) is 6.70. The fourth-order valence-electron chi connectivity index (χ4n) is 4.39. The van der Waals surface area contributed by atoms with E-state index < -0.39 is 0 Å². The van der Waals surface area contributed by atoms with E-state index >= 15 is 0 Å². The van der Waals surface area contributed by atoms with Crippen molar-refractivity contribution in [3.63, 3.8) is 0 Å². The van der Waals surface area contributed by atoms with Crippen LogP contribution >= 0.6 is 0 Å². The van der Waals surface area contributed by atoms with Gasteiger partial charge in [-0.1, -0.05) is 20.8 Å². The van der Waals surface area contributed by atoms with E-state index in [-0.39, 0.29) is 11.5 Å². The Morgan fingerprint density at radius 3 is 2.45 bits per heavy atom. The Morgan fingerprint density at radius 1 is 1.25 bits per heavy atom. The maximum atomic E-state index is 12.1. The van der Waals surface area contributed by atoms with Crippen LogP contribution in [-0.2, 0) is 9.53 Å². The first-order valence-electron chi connectivity index (χ1n) is 8.30. The molecule has 0 aromatic heterocycles. The minimum absolute atomic E-state index is 0.00837. The zero-order valence-electron chi connectivity index (χ0n) is 13.7. The van der Waals surface area contributed by atoms with Gasteiger partial charge in [0.2, 0.25) is 0 Å². The minimum atomic E-state index is -0.00837. The third kappa shape index (κ3) is 3.19. The number of carbonyl (C=O) groups excluding carboxylic acids is 1. The van der Waals surface area contributed by atoms with Crippen LogP contribution in [0.1, 0.15) is 66.2 Å². The maximum Gasteiger partial charge on any atom is 0.307 e. The second kappa shape index (κ2) is 6.05. The van der Waals surface area contributed by atoms with Crippen molar-refractivity contribution >= 4 is 5.97 Å². The molecular formula is C17H31NO2. The lowest BCUT2D eigenvalue weighted by atomic mass is 9.62. The highest BCUT2D eigenvalue weighted by molar-refractivity contribution is 5.71. The molecule has 116 valence electrons. The Hall–Kier alpha value is -0.570. The van der Waals surface area contributed by atoms with E-state index in [1.807, 2.05) is 6.92 Å². The summed E-state index contributed by atoms with van der Waals surface area (Å²) in [5.74, 6) is 0.555. The summed E-state index contributed by atoms with van der Waals surface area (Å²) in [5, 5.41) is 0. The number of esters is 1. The molecule has 2 atom stereocenters. The van der Waals surface area contributed by atoms with Gasteiger partial charge in [0.25, 0.3) is 0 Å². The molecule has 1 aliphatic carbocycles. The minimum Gasteiger partial charge on any atom is -0.466 e. The topological polar surface area (TPSA) is 29.5 Å². The highest BCUT2D eigenvalue weighted by Gasteiger charge is 2.49. The van der Waals surface area contributed by atoms with Gasteiger partial charge in [-0.2, -0.15) is 0 Å². The normalized spacial score (nSPS) is 34.1. The molecule has 1 heterocycles. The molecule has 1 saturated heterocycles. The van der Waals surface area contributed by atoms with Gasteiger partial charge in [-0.15, -0.1) is 0 Å². The molecule has 0 aromatic carbocycles. The maximum absolute atomic E-state index is 12.1. The van der Waals surface area contributed by atoms with Crippen LogP contribution in [-0.4, -0.2) is 36.1 Å². The average molecular weight is 281 g/mol. The van der Waals surface area contributed by atoms with Crippen molar-refractivity contribution in [2.24, 2.45) is 11.3 Å². The lowest BCUT2D eigenvalue weighted by molar-refractivity contribution is -0.149. The van der Waals surface area contributed by atoms with Crippen molar-refractivity contribution in [1.29, 1.82) is 0 Å². The van der Waals surface area contributed by atoms with Crippen LogP contribution in [0, 0.1) is 11.3 Å². The quantitative estimate of drug-likeness (QED) is 0.737. The Balaban J connectivity index is 2.18. The van der Waals surface area contributed by atoms with Gasteiger partial charge in [-0.05, 0) is 63.5 Å². The Kier molecular flexibility index (Phi) is 4.78. The molecule has 1 aliphatic heterocycles. The van der Waals surface area contributed by atoms with Crippen molar-refractivity contribution in [2.45, 2.75) is 71.8 Å². The summed E-state index contributed by atoms with van der Waals surface area (Å²) in [7, 11) is 0. The first-order valence-corrected chi connectivity index (χ1v) is 8.30. The van der Waals surface area contributed by atoms with Crippen molar-refractivity contribution in [3.8, 4) is 0 Å². The van der Waals surface area contributed by atoms with Gasteiger partial charge in [0.05, 0.1) is 13.0 Å². The molecule has 0 amide bonds. The highest BCUT2D eigenvalue weighted by Crippen LogP contribution is 2.49. The summed E-state index contributed by atoms with van der Waals surface area (Å²) in [4.78, 5) is 14.7. The van der Waals surface area contributed by atoms with Gasteiger partial charge in [0, 0.05) is 5.54 Å². The predicted molar refractivity (Wildman–Crippen MR) is 81.6 cm³/mol. The molecule has 0 N–H and O–H groups in total. The number of carbonyl (C=O) groups is 1. The predicted octanol–water partition coefficient (Wildman–Crippen LogP) is 3.62. The summed E-state index contributed by atoms with van der Waals surface area (Å²) >= 11 is 0. The van der Waals surface area contributed by atoms with E-state index in [1.54, 1.807) is 0 Å². The van der Waals surface area contributed by atoms with Crippen LogP contribution in [0.5, 0.6) is 0 Å². The SMILES string of the molecule is CCOC(=O)CC1(N2CCCC2)CCC(C)(C)CC1C. The van der Waals surface area contributed by atoms with Crippen molar-refractivity contribution in [3.05, 3.63) is 0 Å². The van der Waals surface area contributed by atoms with Crippen LogP contribution in [0.2, 0.25) is 0 Å². The van der Waals surface area contributed by atoms with E-state index in [0.717, 1.165) is 19.5 Å². The van der Waals surface area contributed by atoms with E-state index in [2.05, 4.69) is 25.7 Å². The van der Waals surface area contributed by atoms with Gasteiger partial charge in [-0.25, -0.2) is 0 Å². The monoisotopic (exact) mass is 281 g/mol. The van der Waals surface area contributed by atoms with Gasteiger partial charge >= 0.3 is 5.97 Å². The first kappa shape index (κ1) is 15.8. The van der Waals surface area contributed by atoms with Crippen LogP contribution < -0.4 is 0 Å². The van der Waals surface area contributed by atoms with Gasteiger partial charge in [0.15, 0.2) is 0 Å². The molecular weight excluding hydrogens is 250 g/mol. The van der Waals surface area contributed by atoms with Crippen molar-refractivity contribution in [2.75, 3.05) is 19.7 Å². The van der Waals surface area contributed by atoms with Crippen LogP contribution in [0.25, 0.3) is 0 Å². The molecule has 3 heteroatoms. The van der Waals surface area contributed by atoms with Gasteiger partial charge in [-0.3, -0.25) is 9.69 Å². The number of hydrogen-bond donors (Lipinski definition) is 0. The molecule has 2 rings (SSSR count). The first-order chi connectivity index (χ1) is 9.39. The molecule has 2 unspecified atom stereocenters. The Bertz CT molecular complexity index is 347. The van der Waals surface area contributed by atoms with Crippen LogP contribution in [0.4, 0.5) is 0 Å². The Labute approximate surface area is 124 Å². The van der Waals surface area contributed by atoms with Crippen LogP contribution in [0.3, 0.4) is 0 Å². The van der Waals surface area contributed by atoms with E-state index in [0.29, 0.717) is 24.4 Å². The molecule has 2 fully saturated rings. The number of nitrogens with zero attached hydrogens (tertiary/aromatic N) is 1. The van der Waals surface area contributed by atoms with Gasteiger partial charge in [0.1, 0.15) is 0 Å². The second-order valence-electron chi connectivity index (χ2n) is 7.55. The van der Waals surface area contributed by atoms with E-state index in [9.17, 15) is 4.79 Å². The lowest BCUT2D eigenvalue weighted by Crippen LogP contribution is -2.57. The zero-order chi connectivity index (χ0) is 14.8. The lowest BCUT2D eigenvalue weighted by Gasteiger charge is -2.53. The van der Waals surface area contributed by atoms with Crippen LogP contribution in [0.15, 0.2) is 0 Å². The molecule has 0 radical (unpaired) electrons. The smallest absolute Gasteiger partial charge is 0.307 e. The molecule has 0 aromatic rings. The number of likely N-dealkylation sites (tertiary alicyclic amines) is 1. The molecule has 3 nitrogen and oxygen atoms in total. The highest BCUT2D eigenvalue weighted by atomic mass is 16.5. The third-order valence-electron chi connectivity index (χ3n) is 5.50. The summed E-state index contributed by atoms with van der Waals surface area (Å²) in [6, 6.07) is 0. The molecule has 1 saturated carbocycles.